The van der Waals surface area contributed by atoms with Gasteiger partial charge in [0.15, 0.2) is 0 Å². The Bertz CT molecular complexity index is 905. The molecule has 1 aliphatic rings. The molecule has 3 rings (SSSR count). The number of aryl methyl sites for hydroxylation is 1. The zero-order valence-electron chi connectivity index (χ0n) is 16.8. The quantitative estimate of drug-likeness (QED) is 0.447. The lowest BCUT2D eigenvalue weighted by Gasteiger charge is -2.36. The van der Waals surface area contributed by atoms with Crippen LogP contribution in [0.1, 0.15) is 12.8 Å². The molecule has 0 spiro atoms. The number of rotatable bonds is 9. The number of aromatic nitrogens is 3. The molecular formula is C20H28ClN5O3. The Hall–Kier alpha value is -2.32. The number of alkyl halides is 1. The third-order valence-electron chi connectivity index (χ3n) is 5.15. The molecule has 158 valence electrons. The van der Waals surface area contributed by atoms with Gasteiger partial charge in [0.2, 0.25) is 0 Å². The average Bonchev–Trinajstić information content (AvgIpc) is 2.75. The molecule has 0 N–H and O–H groups in total. The largest absolute Gasteiger partial charge is 0.490 e. The second-order valence-corrected chi connectivity index (χ2v) is 7.47. The van der Waals surface area contributed by atoms with E-state index in [0.29, 0.717) is 19.0 Å². The van der Waals surface area contributed by atoms with E-state index < -0.39 is 0 Å². The zero-order chi connectivity index (χ0) is 20.6. The second kappa shape index (κ2) is 10.5. The lowest BCUT2D eigenvalue weighted by Crippen LogP contribution is -2.46. The molecule has 2 aromatic rings. The normalized spacial score (nSPS) is 14.9. The zero-order valence-corrected chi connectivity index (χ0v) is 17.6. The summed E-state index contributed by atoms with van der Waals surface area (Å²) >= 11 is 5.75. The average molecular weight is 422 g/mol. The molecule has 9 heteroatoms. The number of benzene rings is 1. The Morgan fingerprint density at radius 2 is 1.79 bits per heavy atom. The smallest absolute Gasteiger partial charge is 0.347 e. The Labute approximate surface area is 175 Å². The Morgan fingerprint density at radius 3 is 2.55 bits per heavy atom. The molecule has 0 atom stereocenters. The summed E-state index contributed by atoms with van der Waals surface area (Å²) in [5.74, 6) is 1.36. The summed E-state index contributed by atoms with van der Waals surface area (Å²) in [6.07, 6.45) is 3.02. The Morgan fingerprint density at radius 1 is 1.07 bits per heavy atom. The number of anilines is 1. The van der Waals surface area contributed by atoms with Crippen LogP contribution in [0.5, 0.6) is 5.75 Å². The molecule has 2 heterocycles. The van der Waals surface area contributed by atoms with Crippen molar-refractivity contribution in [3.05, 3.63) is 51.3 Å². The van der Waals surface area contributed by atoms with E-state index in [4.69, 9.17) is 16.3 Å². The minimum absolute atomic E-state index is 0.360. The number of piperazine rings is 1. The van der Waals surface area contributed by atoms with Crippen molar-refractivity contribution in [1.29, 1.82) is 0 Å². The fourth-order valence-corrected chi connectivity index (χ4v) is 3.55. The van der Waals surface area contributed by atoms with Crippen molar-refractivity contribution in [2.75, 3.05) is 50.1 Å². The van der Waals surface area contributed by atoms with E-state index in [1.165, 1.54) is 17.9 Å². The van der Waals surface area contributed by atoms with Crippen molar-refractivity contribution >= 4 is 17.3 Å². The van der Waals surface area contributed by atoms with Crippen LogP contribution in [0.25, 0.3) is 0 Å². The van der Waals surface area contributed by atoms with E-state index >= 15 is 0 Å². The van der Waals surface area contributed by atoms with Crippen molar-refractivity contribution < 1.29 is 4.74 Å². The molecule has 8 nitrogen and oxygen atoms in total. The molecule has 1 aromatic carbocycles. The van der Waals surface area contributed by atoms with Crippen LogP contribution >= 0.6 is 11.6 Å². The van der Waals surface area contributed by atoms with Crippen LogP contribution in [0, 0.1) is 0 Å². The maximum atomic E-state index is 12.0. The maximum Gasteiger partial charge on any atom is 0.347 e. The first-order chi connectivity index (χ1) is 14.1. The first-order valence-electron chi connectivity index (χ1n) is 9.98. The fourth-order valence-electron chi connectivity index (χ4n) is 3.47. The topological polar surface area (TPSA) is 72.6 Å². The van der Waals surface area contributed by atoms with Crippen LogP contribution in [-0.2, 0) is 13.6 Å². The van der Waals surface area contributed by atoms with Gasteiger partial charge in [-0.25, -0.2) is 9.48 Å². The van der Waals surface area contributed by atoms with Crippen LogP contribution in [0.3, 0.4) is 0 Å². The molecule has 1 fully saturated rings. The number of unbranched alkanes of at least 4 members (excludes halogenated alkanes) is 1. The number of hydrogen-bond donors (Lipinski definition) is 0. The van der Waals surface area contributed by atoms with Gasteiger partial charge in [-0.3, -0.25) is 14.3 Å². The van der Waals surface area contributed by atoms with Crippen LogP contribution in [-0.4, -0.2) is 64.5 Å². The van der Waals surface area contributed by atoms with Crippen molar-refractivity contribution in [2.45, 2.75) is 19.4 Å². The number of halogens is 1. The highest BCUT2D eigenvalue weighted by atomic mass is 35.5. The first kappa shape index (κ1) is 21.4. The monoisotopic (exact) mass is 421 g/mol. The van der Waals surface area contributed by atoms with Crippen molar-refractivity contribution in [2.24, 2.45) is 7.05 Å². The summed E-state index contributed by atoms with van der Waals surface area (Å²) in [6, 6.07) is 8.10. The van der Waals surface area contributed by atoms with Crippen molar-refractivity contribution in [3.63, 3.8) is 0 Å². The van der Waals surface area contributed by atoms with Crippen molar-refractivity contribution in [3.8, 4) is 5.75 Å². The van der Waals surface area contributed by atoms with Gasteiger partial charge in [0, 0.05) is 39.8 Å². The van der Waals surface area contributed by atoms with E-state index in [9.17, 15) is 9.59 Å². The van der Waals surface area contributed by atoms with Crippen LogP contribution in [0.15, 0.2) is 40.1 Å². The molecule has 29 heavy (non-hydrogen) atoms. The van der Waals surface area contributed by atoms with Gasteiger partial charge in [0.1, 0.15) is 18.6 Å². The molecule has 0 bridgehead atoms. The number of nitrogens with zero attached hydrogens (tertiary/aromatic N) is 5. The van der Waals surface area contributed by atoms with Crippen LogP contribution in [0.2, 0.25) is 0 Å². The highest BCUT2D eigenvalue weighted by molar-refractivity contribution is 6.18. The van der Waals surface area contributed by atoms with Gasteiger partial charge < -0.3 is 9.64 Å². The summed E-state index contributed by atoms with van der Waals surface area (Å²) in [7, 11) is 1.47. The lowest BCUT2D eigenvalue weighted by atomic mass is 10.2. The molecule has 0 radical (unpaired) electrons. The van der Waals surface area contributed by atoms with E-state index in [2.05, 4.69) is 21.0 Å². The van der Waals surface area contributed by atoms with Gasteiger partial charge in [-0.2, -0.15) is 5.10 Å². The standard InChI is InChI=1S/C20H28ClN5O3/c1-23-19(27)16-22-26(20(23)28)10-5-4-9-24-11-13-25(14-12-24)17-6-2-3-7-18(17)29-15-8-21/h2-3,6-7,16H,4-5,8-15H2,1H3. The minimum atomic E-state index is -0.376. The van der Waals surface area contributed by atoms with Gasteiger partial charge >= 0.3 is 5.69 Å². The lowest BCUT2D eigenvalue weighted by molar-refractivity contribution is 0.249. The molecule has 0 aliphatic carbocycles. The van der Waals surface area contributed by atoms with Crippen molar-refractivity contribution in [1.82, 2.24) is 19.2 Å². The van der Waals surface area contributed by atoms with Gasteiger partial charge in [-0.05, 0) is 31.5 Å². The van der Waals surface area contributed by atoms with Gasteiger partial charge in [0.25, 0.3) is 5.56 Å². The third kappa shape index (κ3) is 5.61. The van der Waals surface area contributed by atoms with E-state index in [1.54, 1.807) is 0 Å². The summed E-state index contributed by atoms with van der Waals surface area (Å²) in [5, 5.41) is 3.93. The highest BCUT2D eigenvalue weighted by Crippen LogP contribution is 2.28. The van der Waals surface area contributed by atoms with E-state index in [1.807, 2.05) is 18.2 Å². The summed E-state index contributed by atoms with van der Waals surface area (Å²) in [6.45, 7) is 5.89. The van der Waals surface area contributed by atoms with E-state index in [-0.39, 0.29) is 11.2 Å². The molecule has 0 amide bonds. The maximum absolute atomic E-state index is 12.0. The molecular weight excluding hydrogens is 394 g/mol. The number of para-hydroxylation sites is 2. The van der Waals surface area contributed by atoms with E-state index in [0.717, 1.165) is 61.6 Å². The van der Waals surface area contributed by atoms with Gasteiger partial charge in [0.05, 0.1) is 11.6 Å². The molecule has 1 aromatic heterocycles. The van der Waals surface area contributed by atoms with Crippen LogP contribution < -0.4 is 20.9 Å². The summed E-state index contributed by atoms with van der Waals surface area (Å²) in [5.41, 5.74) is 0.386. The Kier molecular flexibility index (Phi) is 7.71. The third-order valence-corrected chi connectivity index (χ3v) is 5.31. The highest BCUT2D eigenvalue weighted by Gasteiger charge is 2.19. The SMILES string of the molecule is Cn1c(=O)cnn(CCCCN2CCN(c3ccccc3OCCCl)CC2)c1=O. The minimum Gasteiger partial charge on any atom is -0.490 e. The first-order valence-corrected chi connectivity index (χ1v) is 10.5. The second-order valence-electron chi connectivity index (χ2n) is 7.09. The molecule has 1 aliphatic heterocycles. The van der Waals surface area contributed by atoms with Gasteiger partial charge in [-0.1, -0.05) is 12.1 Å². The molecule has 0 saturated carbocycles. The predicted molar refractivity (Wildman–Crippen MR) is 114 cm³/mol. The molecule has 1 saturated heterocycles. The number of hydrogen-bond acceptors (Lipinski definition) is 6. The summed E-state index contributed by atoms with van der Waals surface area (Å²) in [4.78, 5) is 28.2. The number of ether oxygens (including phenoxy) is 1. The summed E-state index contributed by atoms with van der Waals surface area (Å²) < 4.78 is 8.21. The van der Waals surface area contributed by atoms with Crippen LogP contribution in [0.4, 0.5) is 5.69 Å². The Balaban J connectivity index is 1.43. The van der Waals surface area contributed by atoms with Gasteiger partial charge in [-0.15, -0.1) is 11.6 Å². The fraction of sp³-hybridized carbons (Fsp3) is 0.550. The predicted octanol–water partition coefficient (Wildman–Crippen LogP) is 1.16. The molecule has 0 unspecified atom stereocenters.